The van der Waals surface area contributed by atoms with Crippen molar-refractivity contribution < 1.29 is 0 Å². The Kier molecular flexibility index (Phi) is 10.2. The van der Waals surface area contributed by atoms with Crippen LogP contribution in [0.5, 0.6) is 0 Å². The highest BCUT2D eigenvalue weighted by atomic mass is 127. The van der Waals surface area contributed by atoms with Gasteiger partial charge in [-0.25, -0.2) is 4.98 Å². The molecule has 0 atom stereocenters. The third-order valence-corrected chi connectivity index (χ3v) is 5.86. The van der Waals surface area contributed by atoms with Crippen molar-refractivity contribution in [2.45, 2.75) is 45.7 Å². The van der Waals surface area contributed by atoms with Crippen LogP contribution in [-0.2, 0) is 19.5 Å². The number of rotatable bonds is 8. The minimum atomic E-state index is 0. The first-order chi connectivity index (χ1) is 13.2. The number of nitrogens with zero attached hydrogens (tertiary/aromatic N) is 3. The number of thiazole rings is 1. The maximum Gasteiger partial charge on any atom is 0.191 e. The molecule has 1 saturated heterocycles. The average Bonchev–Trinajstić information content (AvgIpc) is 3.34. The lowest BCUT2D eigenvalue weighted by Gasteiger charge is -2.15. The second-order valence-corrected chi connectivity index (χ2v) is 8.08. The quantitative estimate of drug-likeness (QED) is 0.243. The van der Waals surface area contributed by atoms with Gasteiger partial charge in [-0.1, -0.05) is 24.3 Å². The highest BCUT2D eigenvalue weighted by Gasteiger charge is 2.11. The zero-order chi connectivity index (χ0) is 18.9. The summed E-state index contributed by atoms with van der Waals surface area (Å²) in [5.41, 5.74) is 3.80. The second kappa shape index (κ2) is 12.4. The van der Waals surface area contributed by atoms with Gasteiger partial charge in [-0.3, -0.25) is 9.89 Å². The van der Waals surface area contributed by atoms with Crippen LogP contribution in [0.15, 0.2) is 34.6 Å². The monoisotopic (exact) mass is 513 g/mol. The number of likely N-dealkylation sites (tertiary alicyclic amines) is 1. The lowest BCUT2D eigenvalue weighted by Crippen LogP contribution is -2.37. The summed E-state index contributed by atoms with van der Waals surface area (Å²) in [4.78, 5) is 11.4. The molecule has 3 rings (SSSR count). The first-order valence-corrected chi connectivity index (χ1v) is 10.8. The van der Waals surface area contributed by atoms with Crippen LogP contribution >= 0.6 is 35.3 Å². The number of halogens is 1. The smallest absolute Gasteiger partial charge is 0.191 e. The molecule has 1 aromatic carbocycles. The molecule has 1 fully saturated rings. The third-order valence-electron chi connectivity index (χ3n) is 4.84. The van der Waals surface area contributed by atoms with E-state index >= 15 is 0 Å². The summed E-state index contributed by atoms with van der Waals surface area (Å²) in [7, 11) is 1.82. The fraction of sp³-hybridized carbons (Fsp3) is 0.524. The zero-order valence-corrected chi connectivity index (χ0v) is 20.1. The van der Waals surface area contributed by atoms with Gasteiger partial charge in [0.1, 0.15) is 0 Å². The van der Waals surface area contributed by atoms with Crippen molar-refractivity contribution in [3.05, 3.63) is 51.5 Å². The van der Waals surface area contributed by atoms with Gasteiger partial charge < -0.3 is 10.6 Å². The summed E-state index contributed by atoms with van der Waals surface area (Å²) in [5, 5.41) is 10.1. The zero-order valence-electron chi connectivity index (χ0n) is 16.9. The molecule has 154 valence electrons. The Morgan fingerprint density at radius 1 is 1.14 bits per heavy atom. The largest absolute Gasteiger partial charge is 0.356 e. The van der Waals surface area contributed by atoms with Gasteiger partial charge in [-0.05, 0) is 50.4 Å². The predicted molar refractivity (Wildman–Crippen MR) is 130 cm³/mol. The molecule has 1 aliphatic rings. The Hall–Kier alpha value is -1.19. The summed E-state index contributed by atoms with van der Waals surface area (Å²) in [6.07, 6.45) is 4.76. The van der Waals surface area contributed by atoms with Gasteiger partial charge in [-0.15, -0.1) is 35.3 Å². The van der Waals surface area contributed by atoms with Gasteiger partial charge in [0.2, 0.25) is 0 Å². The number of hydrogen-bond donors (Lipinski definition) is 2. The van der Waals surface area contributed by atoms with Crippen molar-refractivity contribution in [1.29, 1.82) is 0 Å². The van der Waals surface area contributed by atoms with Crippen LogP contribution in [0, 0.1) is 6.92 Å². The van der Waals surface area contributed by atoms with E-state index in [-0.39, 0.29) is 24.0 Å². The Labute approximate surface area is 190 Å². The number of hydrogen-bond acceptors (Lipinski definition) is 4. The van der Waals surface area contributed by atoms with E-state index in [0.717, 1.165) is 44.1 Å². The third kappa shape index (κ3) is 7.67. The van der Waals surface area contributed by atoms with E-state index in [0.29, 0.717) is 0 Å². The molecule has 1 aliphatic heterocycles. The van der Waals surface area contributed by atoms with Gasteiger partial charge in [-0.2, -0.15) is 0 Å². The Morgan fingerprint density at radius 2 is 1.86 bits per heavy atom. The molecule has 2 aromatic rings. The molecule has 7 heteroatoms. The molecule has 0 unspecified atom stereocenters. The Bertz CT molecular complexity index is 723. The fourth-order valence-corrected chi connectivity index (χ4v) is 4.15. The Morgan fingerprint density at radius 3 is 2.50 bits per heavy atom. The lowest BCUT2D eigenvalue weighted by molar-refractivity contribution is 0.331. The second-order valence-electron chi connectivity index (χ2n) is 7.14. The van der Waals surface area contributed by atoms with Crippen molar-refractivity contribution in [3.8, 4) is 0 Å². The van der Waals surface area contributed by atoms with Crippen LogP contribution in [0.3, 0.4) is 0 Å². The summed E-state index contributed by atoms with van der Waals surface area (Å²) >= 11 is 1.74. The molecule has 0 bridgehead atoms. The molecule has 0 amide bonds. The van der Waals surface area contributed by atoms with Crippen LogP contribution in [0.1, 0.15) is 41.1 Å². The van der Waals surface area contributed by atoms with Gasteiger partial charge >= 0.3 is 0 Å². The van der Waals surface area contributed by atoms with Crippen molar-refractivity contribution in [2.24, 2.45) is 4.99 Å². The summed E-state index contributed by atoms with van der Waals surface area (Å²) in [6.45, 7) is 7.29. The summed E-state index contributed by atoms with van der Waals surface area (Å²) in [6, 6.07) is 8.94. The van der Waals surface area contributed by atoms with E-state index in [1.807, 2.05) is 14.0 Å². The molecule has 5 nitrogen and oxygen atoms in total. The molecule has 28 heavy (non-hydrogen) atoms. The maximum absolute atomic E-state index is 4.50. The average molecular weight is 513 g/mol. The molecule has 0 aliphatic carbocycles. The van der Waals surface area contributed by atoms with Crippen molar-refractivity contribution in [1.82, 2.24) is 20.5 Å². The number of guanidine groups is 1. The fourth-order valence-electron chi connectivity index (χ4n) is 3.33. The van der Waals surface area contributed by atoms with Crippen LogP contribution in [-0.4, -0.2) is 42.5 Å². The van der Waals surface area contributed by atoms with Gasteiger partial charge in [0, 0.05) is 44.2 Å². The predicted octanol–water partition coefficient (Wildman–Crippen LogP) is 3.96. The van der Waals surface area contributed by atoms with Crippen LogP contribution < -0.4 is 10.6 Å². The van der Waals surface area contributed by atoms with Crippen molar-refractivity contribution in [3.63, 3.8) is 0 Å². The summed E-state index contributed by atoms with van der Waals surface area (Å²) in [5.74, 6) is 0.853. The first kappa shape index (κ1) is 23.1. The molecule has 0 radical (unpaired) electrons. The minimum absolute atomic E-state index is 0. The van der Waals surface area contributed by atoms with Gasteiger partial charge in [0.15, 0.2) is 5.96 Å². The van der Waals surface area contributed by atoms with E-state index in [9.17, 15) is 0 Å². The SMILES string of the molecule is CN=C(NCCCc1nc(C)cs1)NCc1ccc(CN2CCCC2)cc1.I. The van der Waals surface area contributed by atoms with E-state index in [2.05, 4.69) is 55.2 Å². The molecule has 0 saturated carbocycles. The molecular weight excluding hydrogens is 481 g/mol. The highest BCUT2D eigenvalue weighted by Crippen LogP contribution is 2.13. The highest BCUT2D eigenvalue weighted by molar-refractivity contribution is 14.0. The van der Waals surface area contributed by atoms with E-state index in [1.165, 1.54) is 42.1 Å². The molecule has 0 spiro atoms. The van der Waals surface area contributed by atoms with Crippen molar-refractivity contribution >= 4 is 41.3 Å². The van der Waals surface area contributed by atoms with Gasteiger partial charge in [0.05, 0.1) is 5.01 Å². The number of benzene rings is 1. The normalized spacial score (nSPS) is 14.7. The van der Waals surface area contributed by atoms with Crippen molar-refractivity contribution in [2.75, 3.05) is 26.7 Å². The number of nitrogens with one attached hydrogen (secondary N) is 2. The Balaban J connectivity index is 0.00000280. The van der Waals surface area contributed by atoms with Crippen LogP contribution in [0.25, 0.3) is 0 Å². The lowest BCUT2D eigenvalue weighted by atomic mass is 10.1. The maximum atomic E-state index is 4.50. The van der Waals surface area contributed by atoms with E-state index in [4.69, 9.17) is 0 Å². The van der Waals surface area contributed by atoms with Gasteiger partial charge in [0.25, 0.3) is 0 Å². The number of aromatic nitrogens is 1. The molecule has 2 heterocycles. The summed E-state index contributed by atoms with van der Waals surface area (Å²) < 4.78 is 0. The molecular formula is C21H32IN5S. The topological polar surface area (TPSA) is 52.6 Å². The number of aryl methyl sites for hydroxylation is 2. The first-order valence-electron chi connectivity index (χ1n) is 9.88. The minimum Gasteiger partial charge on any atom is -0.356 e. The molecule has 2 N–H and O–H groups in total. The van der Waals surface area contributed by atoms with Crippen LogP contribution in [0.2, 0.25) is 0 Å². The van der Waals surface area contributed by atoms with E-state index < -0.39 is 0 Å². The standard InChI is InChI=1S/C21H31N5S.HI/c1-17-16-27-20(25-17)6-5-11-23-21(22-2)24-14-18-7-9-19(10-8-18)15-26-12-3-4-13-26;/h7-10,16H,3-6,11-15H2,1-2H3,(H2,22,23,24);1H. The molecule has 1 aromatic heterocycles. The van der Waals surface area contributed by atoms with Crippen LogP contribution in [0.4, 0.5) is 0 Å². The number of aliphatic imine (C=N–C) groups is 1. The van der Waals surface area contributed by atoms with E-state index in [1.54, 1.807) is 11.3 Å².